The molecule has 1 saturated heterocycles. The molecule has 1 aliphatic heterocycles. The summed E-state index contributed by atoms with van der Waals surface area (Å²) in [5.41, 5.74) is 1.22. The topological polar surface area (TPSA) is 58.1 Å². The molecule has 2 rings (SSSR count). The first-order chi connectivity index (χ1) is 12.7. The lowest BCUT2D eigenvalue weighted by atomic mass is 10.2. The molecule has 146 valence electrons. The molecule has 0 radical (unpaired) electrons. The van der Waals surface area contributed by atoms with Gasteiger partial charge in [-0.3, -0.25) is 4.99 Å². The van der Waals surface area contributed by atoms with Crippen molar-refractivity contribution in [2.24, 2.45) is 4.99 Å². The minimum Gasteiger partial charge on any atom is -0.379 e. The Balaban J connectivity index is 1.56. The summed E-state index contributed by atoms with van der Waals surface area (Å²) in [4.78, 5) is 6.55. The molecule has 2 N–H and O–H groups in total. The second kappa shape index (κ2) is 11.8. The van der Waals surface area contributed by atoms with Gasteiger partial charge in [-0.05, 0) is 38.3 Å². The maximum atomic E-state index is 5.68. The number of nitrogens with one attached hydrogen (secondary N) is 2. The third kappa shape index (κ3) is 7.22. The van der Waals surface area contributed by atoms with E-state index in [0.717, 1.165) is 58.1 Å². The van der Waals surface area contributed by atoms with Gasteiger partial charge in [-0.2, -0.15) is 0 Å². The fourth-order valence-corrected chi connectivity index (χ4v) is 2.89. The van der Waals surface area contributed by atoms with Crippen LogP contribution in [0.2, 0.25) is 0 Å². The van der Waals surface area contributed by atoms with Crippen LogP contribution in [0.5, 0.6) is 0 Å². The lowest BCUT2D eigenvalue weighted by molar-refractivity contribution is 0.0168. The lowest BCUT2D eigenvalue weighted by Crippen LogP contribution is -2.45. The molecule has 0 spiro atoms. The summed E-state index contributed by atoms with van der Waals surface area (Å²) in [6.45, 7) is 6.21. The lowest BCUT2D eigenvalue weighted by Gasteiger charge is -2.27. The van der Waals surface area contributed by atoms with Gasteiger partial charge in [0.15, 0.2) is 5.96 Å². The van der Waals surface area contributed by atoms with Gasteiger partial charge in [0.1, 0.15) is 0 Å². The molecule has 0 saturated carbocycles. The number of hydrogen-bond donors (Lipinski definition) is 2. The molecular weight excluding hydrogens is 328 g/mol. The molecule has 26 heavy (non-hydrogen) atoms. The first-order valence-electron chi connectivity index (χ1n) is 9.62. The quantitative estimate of drug-likeness (QED) is 0.380. The molecule has 0 aromatic heterocycles. The zero-order valence-corrected chi connectivity index (χ0v) is 16.4. The second-order valence-electron chi connectivity index (χ2n) is 6.74. The van der Waals surface area contributed by atoms with Gasteiger partial charge in [0.25, 0.3) is 0 Å². The van der Waals surface area contributed by atoms with E-state index in [4.69, 9.17) is 9.47 Å². The van der Waals surface area contributed by atoms with E-state index in [1.54, 1.807) is 7.05 Å². The van der Waals surface area contributed by atoms with Crippen LogP contribution < -0.4 is 15.5 Å². The highest BCUT2D eigenvalue weighted by atomic mass is 16.5. The van der Waals surface area contributed by atoms with Gasteiger partial charge < -0.3 is 25.0 Å². The molecule has 0 bridgehead atoms. The molecule has 1 aromatic rings. The monoisotopic (exact) mass is 362 g/mol. The van der Waals surface area contributed by atoms with Crippen LogP contribution in [-0.4, -0.2) is 65.1 Å². The van der Waals surface area contributed by atoms with E-state index >= 15 is 0 Å². The van der Waals surface area contributed by atoms with Crippen molar-refractivity contribution < 1.29 is 9.47 Å². The molecule has 6 heteroatoms. The highest BCUT2D eigenvalue weighted by molar-refractivity contribution is 5.79. The van der Waals surface area contributed by atoms with Crippen LogP contribution in [-0.2, 0) is 9.47 Å². The van der Waals surface area contributed by atoms with Gasteiger partial charge >= 0.3 is 0 Å². The Morgan fingerprint density at radius 2 is 2.15 bits per heavy atom. The van der Waals surface area contributed by atoms with Gasteiger partial charge in [0.05, 0.1) is 12.7 Å². The van der Waals surface area contributed by atoms with Crippen molar-refractivity contribution in [1.29, 1.82) is 0 Å². The Bertz CT molecular complexity index is 518. The van der Waals surface area contributed by atoms with Crippen molar-refractivity contribution in [3.8, 4) is 0 Å². The van der Waals surface area contributed by atoms with Crippen LogP contribution in [0.4, 0.5) is 5.69 Å². The van der Waals surface area contributed by atoms with Crippen LogP contribution in [0.15, 0.2) is 35.3 Å². The molecule has 0 aliphatic carbocycles. The number of rotatable bonds is 10. The van der Waals surface area contributed by atoms with Gasteiger partial charge in [-0.25, -0.2) is 0 Å². The highest BCUT2D eigenvalue weighted by Gasteiger charge is 2.15. The van der Waals surface area contributed by atoms with Gasteiger partial charge in [-0.15, -0.1) is 0 Å². The number of anilines is 1. The first-order valence-corrected chi connectivity index (χ1v) is 9.62. The zero-order valence-electron chi connectivity index (χ0n) is 16.4. The van der Waals surface area contributed by atoms with E-state index in [9.17, 15) is 0 Å². The fraction of sp³-hybridized carbons (Fsp3) is 0.650. The van der Waals surface area contributed by atoms with Gasteiger partial charge in [0.2, 0.25) is 0 Å². The summed E-state index contributed by atoms with van der Waals surface area (Å²) in [6.07, 6.45) is 3.55. The van der Waals surface area contributed by atoms with Crippen molar-refractivity contribution in [3.05, 3.63) is 30.3 Å². The largest absolute Gasteiger partial charge is 0.379 e. The van der Waals surface area contributed by atoms with E-state index in [1.165, 1.54) is 5.69 Å². The Morgan fingerprint density at radius 1 is 1.35 bits per heavy atom. The van der Waals surface area contributed by atoms with Crippen molar-refractivity contribution in [1.82, 2.24) is 10.6 Å². The van der Waals surface area contributed by atoms with Crippen molar-refractivity contribution in [2.75, 3.05) is 51.9 Å². The van der Waals surface area contributed by atoms with Gasteiger partial charge in [0, 0.05) is 52.1 Å². The minimum absolute atomic E-state index is 0.306. The smallest absolute Gasteiger partial charge is 0.191 e. The highest BCUT2D eigenvalue weighted by Crippen LogP contribution is 2.13. The van der Waals surface area contributed by atoms with Crippen LogP contribution >= 0.6 is 0 Å². The molecule has 0 amide bonds. The predicted molar refractivity (Wildman–Crippen MR) is 108 cm³/mol. The fourth-order valence-electron chi connectivity index (χ4n) is 2.89. The molecule has 1 aromatic carbocycles. The van der Waals surface area contributed by atoms with Crippen molar-refractivity contribution >= 4 is 11.6 Å². The number of nitrogens with zero attached hydrogens (tertiary/aromatic N) is 2. The molecule has 1 fully saturated rings. The summed E-state index contributed by atoms with van der Waals surface area (Å²) >= 11 is 0. The maximum Gasteiger partial charge on any atom is 0.191 e. The third-order valence-corrected chi connectivity index (χ3v) is 4.70. The number of para-hydroxylation sites is 1. The SMILES string of the molecule is CN=C(NCCCOCC1CCCO1)NCC(C)N(C)c1ccccc1. The number of hydrogen-bond acceptors (Lipinski definition) is 4. The molecular formula is C20H34N4O2. The average Bonchev–Trinajstić information content (AvgIpc) is 3.20. The molecule has 6 nitrogen and oxygen atoms in total. The van der Waals surface area contributed by atoms with E-state index in [-0.39, 0.29) is 0 Å². The zero-order chi connectivity index (χ0) is 18.6. The second-order valence-corrected chi connectivity index (χ2v) is 6.74. The molecule has 1 aliphatic rings. The van der Waals surface area contributed by atoms with Crippen LogP contribution in [0.3, 0.4) is 0 Å². The summed E-state index contributed by atoms with van der Waals surface area (Å²) in [5, 5.41) is 6.73. The van der Waals surface area contributed by atoms with E-state index in [1.807, 2.05) is 6.07 Å². The predicted octanol–water partition coefficient (Wildman–Crippen LogP) is 2.26. The van der Waals surface area contributed by atoms with Crippen LogP contribution in [0.1, 0.15) is 26.2 Å². The van der Waals surface area contributed by atoms with Crippen LogP contribution in [0.25, 0.3) is 0 Å². The Morgan fingerprint density at radius 3 is 2.85 bits per heavy atom. The Labute approximate surface area is 158 Å². The number of likely N-dealkylation sites (N-methyl/N-ethyl adjacent to an activating group) is 1. The number of guanidine groups is 1. The molecule has 2 atom stereocenters. The van der Waals surface area contributed by atoms with E-state index in [0.29, 0.717) is 12.1 Å². The average molecular weight is 363 g/mol. The summed E-state index contributed by atoms with van der Waals surface area (Å²) < 4.78 is 11.2. The Kier molecular flexibility index (Phi) is 9.28. The maximum absolute atomic E-state index is 5.68. The first kappa shape index (κ1) is 20.5. The standard InChI is InChI=1S/C20H34N4O2/c1-17(24(3)18-9-5-4-6-10-18)15-23-20(21-2)22-12-8-13-25-16-19-11-7-14-26-19/h4-6,9-10,17,19H,7-8,11-16H2,1-3H3,(H2,21,22,23). The van der Waals surface area contributed by atoms with E-state index in [2.05, 4.69) is 58.8 Å². The number of aliphatic imine (C=N–C) groups is 1. The minimum atomic E-state index is 0.306. The van der Waals surface area contributed by atoms with Gasteiger partial charge in [-0.1, -0.05) is 18.2 Å². The third-order valence-electron chi connectivity index (χ3n) is 4.70. The number of benzene rings is 1. The molecule has 2 unspecified atom stereocenters. The number of ether oxygens (including phenoxy) is 2. The van der Waals surface area contributed by atoms with Crippen molar-refractivity contribution in [2.45, 2.75) is 38.3 Å². The summed E-state index contributed by atoms with van der Waals surface area (Å²) in [5.74, 6) is 0.831. The van der Waals surface area contributed by atoms with Crippen molar-refractivity contribution in [3.63, 3.8) is 0 Å². The summed E-state index contributed by atoms with van der Waals surface area (Å²) in [6, 6.07) is 10.8. The van der Waals surface area contributed by atoms with Crippen LogP contribution in [0, 0.1) is 0 Å². The van der Waals surface area contributed by atoms with E-state index < -0.39 is 0 Å². The normalized spacial score (nSPS) is 18.6. The molecule has 1 heterocycles. The summed E-state index contributed by atoms with van der Waals surface area (Å²) in [7, 11) is 3.91. The Hall–Kier alpha value is -1.79.